The van der Waals surface area contributed by atoms with Gasteiger partial charge in [0.1, 0.15) is 0 Å². The highest BCUT2D eigenvalue weighted by molar-refractivity contribution is 14.1. The minimum Gasteiger partial charge on any atom is -0.378 e. The van der Waals surface area contributed by atoms with Gasteiger partial charge >= 0.3 is 0 Å². The molecule has 0 spiro atoms. The van der Waals surface area contributed by atoms with Crippen molar-refractivity contribution in [3.63, 3.8) is 0 Å². The van der Waals surface area contributed by atoms with Crippen LogP contribution in [0.5, 0.6) is 0 Å². The summed E-state index contributed by atoms with van der Waals surface area (Å²) in [5.41, 5.74) is 2.59. The van der Waals surface area contributed by atoms with Crippen LogP contribution in [-0.4, -0.2) is 0 Å². The minimum absolute atomic E-state index is 0.404. The summed E-state index contributed by atoms with van der Waals surface area (Å²) < 4.78 is 1.27. The largest absolute Gasteiger partial charge is 0.378 e. The topological polar surface area (TPSA) is 12.0 Å². The Bertz CT molecular complexity index is 510. The molecule has 1 N–H and O–H groups in total. The van der Waals surface area contributed by atoms with Crippen LogP contribution in [0.4, 0.5) is 5.69 Å². The molecule has 0 heterocycles. The van der Waals surface area contributed by atoms with Crippen molar-refractivity contribution < 1.29 is 0 Å². The molecule has 20 heavy (non-hydrogen) atoms. The minimum atomic E-state index is 0.404. The van der Waals surface area contributed by atoms with Crippen molar-refractivity contribution in [1.82, 2.24) is 0 Å². The number of hydrogen-bond acceptors (Lipinski definition) is 1. The molecule has 2 rings (SSSR count). The van der Waals surface area contributed by atoms with Gasteiger partial charge in [0.2, 0.25) is 0 Å². The third kappa shape index (κ3) is 4.82. The van der Waals surface area contributed by atoms with Crippen LogP contribution in [0.3, 0.4) is 0 Å². The van der Waals surface area contributed by atoms with Crippen molar-refractivity contribution >= 4 is 28.3 Å². The Morgan fingerprint density at radius 2 is 1.80 bits per heavy atom. The second kappa shape index (κ2) is 8.30. The SMILES string of the molecule is CCCCCC(Nc1cccc(I)c1)c1ccccc1. The molecule has 1 atom stereocenters. The van der Waals surface area contributed by atoms with E-state index in [0.717, 1.165) is 0 Å². The van der Waals surface area contributed by atoms with Crippen LogP contribution in [0.25, 0.3) is 0 Å². The zero-order valence-corrected chi connectivity index (χ0v) is 14.1. The van der Waals surface area contributed by atoms with Gasteiger partial charge in [0.25, 0.3) is 0 Å². The molecule has 2 aromatic carbocycles. The van der Waals surface area contributed by atoms with E-state index in [1.165, 1.54) is 40.5 Å². The molecule has 1 nitrogen and oxygen atoms in total. The molecular weight excluding hydrogens is 357 g/mol. The Labute approximate surface area is 135 Å². The first-order valence-electron chi connectivity index (χ1n) is 7.36. The third-order valence-corrected chi connectivity index (χ3v) is 4.13. The summed E-state index contributed by atoms with van der Waals surface area (Å²) in [6.07, 6.45) is 5.03. The number of anilines is 1. The lowest BCUT2D eigenvalue weighted by molar-refractivity contribution is 0.606. The van der Waals surface area contributed by atoms with Crippen molar-refractivity contribution in [2.45, 2.75) is 38.6 Å². The fraction of sp³-hybridized carbons (Fsp3) is 0.333. The summed E-state index contributed by atoms with van der Waals surface area (Å²) in [5.74, 6) is 0. The summed E-state index contributed by atoms with van der Waals surface area (Å²) >= 11 is 2.36. The van der Waals surface area contributed by atoms with E-state index in [2.05, 4.69) is 89.4 Å². The molecule has 0 aliphatic carbocycles. The zero-order valence-electron chi connectivity index (χ0n) is 12.0. The van der Waals surface area contributed by atoms with Gasteiger partial charge in [-0.05, 0) is 52.8 Å². The molecule has 0 aromatic heterocycles. The highest BCUT2D eigenvalue weighted by Gasteiger charge is 2.10. The van der Waals surface area contributed by atoms with E-state index in [1.54, 1.807) is 0 Å². The lowest BCUT2D eigenvalue weighted by Crippen LogP contribution is -2.10. The maximum Gasteiger partial charge on any atom is 0.0513 e. The molecular formula is C18H22IN. The molecule has 0 aliphatic heterocycles. The smallest absolute Gasteiger partial charge is 0.0513 e. The number of nitrogens with one attached hydrogen (secondary N) is 1. The van der Waals surface area contributed by atoms with Crippen molar-refractivity contribution in [2.75, 3.05) is 5.32 Å². The van der Waals surface area contributed by atoms with Crippen LogP contribution in [0, 0.1) is 3.57 Å². The fourth-order valence-corrected chi connectivity index (χ4v) is 2.93. The molecule has 0 saturated carbocycles. The van der Waals surface area contributed by atoms with Gasteiger partial charge in [0.15, 0.2) is 0 Å². The van der Waals surface area contributed by atoms with Crippen molar-refractivity contribution in [3.05, 3.63) is 63.7 Å². The van der Waals surface area contributed by atoms with Gasteiger partial charge in [0.05, 0.1) is 6.04 Å². The molecule has 0 fully saturated rings. The van der Waals surface area contributed by atoms with Gasteiger partial charge < -0.3 is 5.32 Å². The standard InChI is InChI=1S/C18H22IN/c1-2-3-5-13-18(15-9-6-4-7-10-15)20-17-12-8-11-16(19)14-17/h4,6-12,14,18,20H,2-3,5,13H2,1H3. The number of rotatable bonds is 7. The van der Waals surface area contributed by atoms with Gasteiger partial charge in [-0.1, -0.05) is 62.6 Å². The van der Waals surface area contributed by atoms with Gasteiger partial charge in [-0.2, -0.15) is 0 Å². The van der Waals surface area contributed by atoms with Crippen LogP contribution in [0.2, 0.25) is 0 Å². The van der Waals surface area contributed by atoms with Crippen LogP contribution in [0.15, 0.2) is 54.6 Å². The fourth-order valence-electron chi connectivity index (χ4n) is 2.39. The highest BCUT2D eigenvalue weighted by Crippen LogP contribution is 2.25. The van der Waals surface area contributed by atoms with E-state index >= 15 is 0 Å². The van der Waals surface area contributed by atoms with Gasteiger partial charge in [-0.25, -0.2) is 0 Å². The van der Waals surface area contributed by atoms with E-state index in [1.807, 2.05) is 0 Å². The first-order valence-corrected chi connectivity index (χ1v) is 8.44. The molecule has 1 unspecified atom stereocenters. The van der Waals surface area contributed by atoms with Gasteiger partial charge in [-0.3, -0.25) is 0 Å². The van der Waals surface area contributed by atoms with Crippen LogP contribution in [-0.2, 0) is 0 Å². The molecule has 0 radical (unpaired) electrons. The van der Waals surface area contributed by atoms with Gasteiger partial charge in [-0.15, -0.1) is 0 Å². The molecule has 2 aromatic rings. The maximum absolute atomic E-state index is 3.69. The monoisotopic (exact) mass is 379 g/mol. The Kier molecular flexibility index (Phi) is 6.37. The van der Waals surface area contributed by atoms with Crippen LogP contribution < -0.4 is 5.32 Å². The third-order valence-electron chi connectivity index (χ3n) is 3.46. The molecule has 0 aliphatic rings. The number of halogens is 1. The summed E-state index contributed by atoms with van der Waals surface area (Å²) in [5, 5.41) is 3.69. The first-order chi connectivity index (χ1) is 9.79. The normalized spacial score (nSPS) is 12.1. The van der Waals surface area contributed by atoms with E-state index in [-0.39, 0.29) is 0 Å². The van der Waals surface area contributed by atoms with E-state index in [0.29, 0.717) is 6.04 Å². The highest BCUT2D eigenvalue weighted by atomic mass is 127. The molecule has 2 heteroatoms. The average molecular weight is 379 g/mol. The van der Waals surface area contributed by atoms with Crippen molar-refractivity contribution in [2.24, 2.45) is 0 Å². The molecule has 0 saturated heterocycles. The lowest BCUT2D eigenvalue weighted by atomic mass is 10.00. The average Bonchev–Trinajstić information content (AvgIpc) is 2.47. The predicted molar refractivity (Wildman–Crippen MR) is 96.1 cm³/mol. The summed E-state index contributed by atoms with van der Waals surface area (Å²) in [6, 6.07) is 19.8. The summed E-state index contributed by atoms with van der Waals surface area (Å²) in [4.78, 5) is 0. The maximum atomic E-state index is 3.69. The summed E-state index contributed by atoms with van der Waals surface area (Å²) in [7, 11) is 0. The second-order valence-electron chi connectivity index (χ2n) is 5.11. The molecule has 0 bridgehead atoms. The van der Waals surface area contributed by atoms with E-state index in [4.69, 9.17) is 0 Å². The van der Waals surface area contributed by atoms with Crippen molar-refractivity contribution in [1.29, 1.82) is 0 Å². The van der Waals surface area contributed by atoms with E-state index in [9.17, 15) is 0 Å². The Morgan fingerprint density at radius 1 is 1.00 bits per heavy atom. The number of hydrogen-bond donors (Lipinski definition) is 1. The zero-order chi connectivity index (χ0) is 14.2. The van der Waals surface area contributed by atoms with E-state index < -0.39 is 0 Å². The number of unbranched alkanes of at least 4 members (excludes halogenated alkanes) is 2. The second-order valence-corrected chi connectivity index (χ2v) is 6.36. The summed E-state index contributed by atoms with van der Waals surface area (Å²) in [6.45, 7) is 2.25. The Hall–Kier alpha value is -1.03. The van der Waals surface area contributed by atoms with Crippen molar-refractivity contribution in [3.8, 4) is 0 Å². The lowest BCUT2D eigenvalue weighted by Gasteiger charge is -2.20. The van der Waals surface area contributed by atoms with Crippen LogP contribution in [0.1, 0.15) is 44.2 Å². The Balaban J connectivity index is 2.10. The van der Waals surface area contributed by atoms with Crippen LogP contribution >= 0.6 is 22.6 Å². The quantitative estimate of drug-likeness (QED) is 0.458. The first kappa shape index (κ1) is 15.4. The molecule has 106 valence electrons. The predicted octanol–water partition coefficient (Wildman–Crippen LogP) is 6.02. The Morgan fingerprint density at radius 3 is 2.50 bits per heavy atom. The van der Waals surface area contributed by atoms with Gasteiger partial charge in [0, 0.05) is 9.26 Å². The molecule has 0 amide bonds. The number of benzene rings is 2.